The molecule has 0 radical (unpaired) electrons. The number of aliphatic carboxylic acids is 1. The molecule has 0 spiro atoms. The van der Waals surface area contributed by atoms with Crippen molar-refractivity contribution < 1.29 is 19.7 Å². The van der Waals surface area contributed by atoms with E-state index < -0.39 is 5.97 Å². The van der Waals surface area contributed by atoms with E-state index in [-0.39, 0.29) is 5.75 Å². The van der Waals surface area contributed by atoms with Crippen LogP contribution >= 0.6 is 0 Å². The fraction of sp³-hybridized carbons (Fsp3) is 0.308. The van der Waals surface area contributed by atoms with Gasteiger partial charge in [0.1, 0.15) is 0 Å². The molecule has 0 aromatic heterocycles. The van der Waals surface area contributed by atoms with Crippen molar-refractivity contribution in [3.63, 3.8) is 0 Å². The number of aromatic hydroxyl groups is 1. The van der Waals surface area contributed by atoms with Gasteiger partial charge in [-0.3, -0.25) is 0 Å². The summed E-state index contributed by atoms with van der Waals surface area (Å²) in [5.41, 5.74) is 0.432. The Balaban J connectivity index is 2.80. The lowest BCUT2D eigenvalue weighted by atomic mass is 10.1. The molecular weight excluding hydrogens is 220 g/mol. The fourth-order valence-electron chi connectivity index (χ4n) is 1.28. The molecule has 2 N–H and O–H groups in total. The lowest BCUT2D eigenvalue weighted by molar-refractivity contribution is -0.131. The summed E-state index contributed by atoms with van der Waals surface area (Å²) >= 11 is 0. The summed E-state index contributed by atoms with van der Waals surface area (Å²) in [4.78, 5) is 10.4. The maximum Gasteiger partial charge on any atom is 0.328 e. The number of hydrogen-bond acceptors (Lipinski definition) is 3. The van der Waals surface area contributed by atoms with Crippen LogP contribution in [-0.2, 0) is 4.79 Å². The Bertz CT molecular complexity index is 410. The van der Waals surface area contributed by atoms with Gasteiger partial charge in [0.15, 0.2) is 11.5 Å². The van der Waals surface area contributed by atoms with Gasteiger partial charge in [0.05, 0.1) is 6.61 Å². The standard InChI is InChI=1S/C13H16O4/c1-2-3-9-17-11-6-4-5-10(13(11)16)7-8-12(14)15/h4-8,16H,2-3,9H2,1H3,(H,14,15)/b8-7+. The number of para-hydroxylation sites is 1. The minimum atomic E-state index is -1.05. The Morgan fingerprint density at radius 2 is 2.24 bits per heavy atom. The minimum Gasteiger partial charge on any atom is -0.504 e. The second kappa shape index (κ2) is 6.58. The van der Waals surface area contributed by atoms with E-state index in [1.54, 1.807) is 18.2 Å². The maximum absolute atomic E-state index is 10.4. The number of carboxylic acid groups (broad SMARTS) is 1. The van der Waals surface area contributed by atoms with E-state index in [2.05, 4.69) is 6.92 Å². The number of rotatable bonds is 6. The number of carbonyl (C=O) groups is 1. The monoisotopic (exact) mass is 236 g/mol. The lowest BCUT2D eigenvalue weighted by Gasteiger charge is -2.08. The third-order valence-electron chi connectivity index (χ3n) is 2.19. The predicted octanol–water partition coefficient (Wildman–Crippen LogP) is 2.67. The molecule has 4 heteroatoms. The molecule has 0 aliphatic rings. The zero-order valence-corrected chi connectivity index (χ0v) is 9.72. The first kappa shape index (κ1) is 13.1. The van der Waals surface area contributed by atoms with Crippen LogP contribution in [0.3, 0.4) is 0 Å². The first-order chi connectivity index (χ1) is 8.15. The van der Waals surface area contributed by atoms with Crippen molar-refractivity contribution in [1.29, 1.82) is 0 Å². The molecule has 0 fully saturated rings. The second-order valence-corrected chi connectivity index (χ2v) is 3.57. The number of carboxylic acids is 1. The zero-order valence-electron chi connectivity index (χ0n) is 9.72. The molecule has 17 heavy (non-hydrogen) atoms. The summed E-state index contributed by atoms with van der Waals surface area (Å²) in [5, 5.41) is 18.3. The summed E-state index contributed by atoms with van der Waals surface area (Å²) in [6.45, 7) is 2.59. The molecule has 0 saturated heterocycles. The van der Waals surface area contributed by atoms with E-state index in [0.717, 1.165) is 18.9 Å². The van der Waals surface area contributed by atoms with Crippen molar-refractivity contribution in [1.82, 2.24) is 0 Å². The van der Waals surface area contributed by atoms with Crippen molar-refractivity contribution in [2.75, 3.05) is 6.61 Å². The fourth-order valence-corrected chi connectivity index (χ4v) is 1.28. The van der Waals surface area contributed by atoms with E-state index in [1.165, 1.54) is 6.08 Å². The van der Waals surface area contributed by atoms with Crippen molar-refractivity contribution in [3.05, 3.63) is 29.8 Å². The third-order valence-corrected chi connectivity index (χ3v) is 2.19. The average Bonchev–Trinajstić information content (AvgIpc) is 2.30. The van der Waals surface area contributed by atoms with Gasteiger partial charge in [-0.1, -0.05) is 25.5 Å². The summed E-state index contributed by atoms with van der Waals surface area (Å²) in [6, 6.07) is 4.99. The van der Waals surface area contributed by atoms with Crippen molar-refractivity contribution in [2.45, 2.75) is 19.8 Å². The van der Waals surface area contributed by atoms with Crippen molar-refractivity contribution in [2.24, 2.45) is 0 Å². The largest absolute Gasteiger partial charge is 0.504 e. The quantitative estimate of drug-likeness (QED) is 0.588. The highest BCUT2D eigenvalue weighted by Gasteiger charge is 2.05. The third kappa shape index (κ3) is 4.18. The van der Waals surface area contributed by atoms with Gasteiger partial charge in [-0.2, -0.15) is 0 Å². The van der Waals surface area contributed by atoms with Gasteiger partial charge >= 0.3 is 5.97 Å². The van der Waals surface area contributed by atoms with E-state index in [4.69, 9.17) is 9.84 Å². The second-order valence-electron chi connectivity index (χ2n) is 3.57. The van der Waals surface area contributed by atoms with E-state index in [1.807, 2.05) is 0 Å². The number of unbranched alkanes of at least 4 members (excludes halogenated alkanes) is 1. The Labute approximate surface area is 100 Å². The lowest BCUT2D eigenvalue weighted by Crippen LogP contribution is -1.97. The molecule has 0 amide bonds. The first-order valence-corrected chi connectivity index (χ1v) is 5.51. The molecule has 4 nitrogen and oxygen atoms in total. The highest BCUT2D eigenvalue weighted by Crippen LogP contribution is 2.30. The molecule has 0 atom stereocenters. The van der Waals surface area contributed by atoms with Gasteiger partial charge in [-0.15, -0.1) is 0 Å². The predicted molar refractivity (Wildman–Crippen MR) is 65.2 cm³/mol. The minimum absolute atomic E-state index is 0.0268. The van der Waals surface area contributed by atoms with Gasteiger partial charge in [-0.25, -0.2) is 4.79 Å². The summed E-state index contributed by atoms with van der Waals surface area (Å²) in [6.07, 6.45) is 4.24. The zero-order chi connectivity index (χ0) is 12.7. The van der Waals surface area contributed by atoms with Crippen LogP contribution in [-0.4, -0.2) is 22.8 Å². The molecule has 1 aromatic rings. The topological polar surface area (TPSA) is 66.8 Å². The van der Waals surface area contributed by atoms with E-state index in [0.29, 0.717) is 17.9 Å². The number of ether oxygens (including phenoxy) is 1. The van der Waals surface area contributed by atoms with Crippen LogP contribution in [0.15, 0.2) is 24.3 Å². The highest BCUT2D eigenvalue weighted by molar-refractivity contribution is 5.86. The van der Waals surface area contributed by atoms with E-state index >= 15 is 0 Å². The maximum atomic E-state index is 10.4. The molecule has 0 saturated carbocycles. The summed E-state index contributed by atoms with van der Waals surface area (Å²) < 4.78 is 5.39. The normalized spacial score (nSPS) is 10.6. The molecule has 1 aromatic carbocycles. The molecule has 92 valence electrons. The Hall–Kier alpha value is -1.97. The van der Waals surface area contributed by atoms with E-state index in [9.17, 15) is 9.90 Å². The molecule has 0 bridgehead atoms. The number of phenolic OH excluding ortho intramolecular Hbond substituents is 1. The van der Waals surface area contributed by atoms with Crippen LogP contribution in [0.2, 0.25) is 0 Å². The number of benzene rings is 1. The SMILES string of the molecule is CCCCOc1cccc(/C=C/C(=O)O)c1O. The van der Waals surface area contributed by atoms with Crippen molar-refractivity contribution in [3.8, 4) is 11.5 Å². The Kier molecular flexibility index (Phi) is 5.07. The molecule has 0 unspecified atom stereocenters. The Morgan fingerprint density at radius 1 is 1.47 bits per heavy atom. The smallest absolute Gasteiger partial charge is 0.328 e. The first-order valence-electron chi connectivity index (χ1n) is 5.51. The van der Waals surface area contributed by atoms with Crippen LogP contribution in [0.25, 0.3) is 6.08 Å². The molecule has 0 aliphatic carbocycles. The van der Waals surface area contributed by atoms with Gasteiger partial charge < -0.3 is 14.9 Å². The van der Waals surface area contributed by atoms with Crippen LogP contribution in [0.4, 0.5) is 0 Å². The molecular formula is C13H16O4. The van der Waals surface area contributed by atoms with Crippen LogP contribution in [0.5, 0.6) is 11.5 Å². The molecule has 0 heterocycles. The molecule has 0 aliphatic heterocycles. The van der Waals surface area contributed by atoms with Gasteiger partial charge in [0.25, 0.3) is 0 Å². The number of hydrogen-bond donors (Lipinski definition) is 2. The molecule has 1 rings (SSSR count). The summed E-state index contributed by atoms with van der Waals surface area (Å²) in [5.74, 6) is -0.700. The van der Waals surface area contributed by atoms with Crippen LogP contribution in [0, 0.1) is 0 Å². The number of phenols is 1. The van der Waals surface area contributed by atoms with Gasteiger partial charge in [0.2, 0.25) is 0 Å². The highest BCUT2D eigenvalue weighted by atomic mass is 16.5. The van der Waals surface area contributed by atoms with Crippen molar-refractivity contribution >= 4 is 12.0 Å². The van der Waals surface area contributed by atoms with Crippen LogP contribution < -0.4 is 4.74 Å². The van der Waals surface area contributed by atoms with Gasteiger partial charge in [0, 0.05) is 11.6 Å². The van der Waals surface area contributed by atoms with Gasteiger partial charge in [-0.05, 0) is 18.6 Å². The summed E-state index contributed by atoms with van der Waals surface area (Å²) in [7, 11) is 0. The van der Waals surface area contributed by atoms with Crippen LogP contribution in [0.1, 0.15) is 25.3 Å². The average molecular weight is 236 g/mol. The Morgan fingerprint density at radius 3 is 2.88 bits per heavy atom.